The number of nitrogens with one attached hydrogen (secondary N) is 4. The number of benzene rings is 3. The Bertz CT molecular complexity index is 1980. The highest BCUT2D eigenvalue weighted by molar-refractivity contribution is 8.00. The number of thiophene rings is 2. The zero-order valence-electron chi connectivity index (χ0n) is 24.9. The second-order valence-corrected chi connectivity index (χ2v) is 12.8. The van der Waals surface area contributed by atoms with E-state index >= 15 is 0 Å². The maximum atomic E-state index is 13.3. The molecule has 2 heterocycles. The molecule has 47 heavy (non-hydrogen) atoms. The number of anilines is 3. The number of amides is 4. The molecule has 5 rings (SSSR count). The van der Waals surface area contributed by atoms with Crippen molar-refractivity contribution in [2.45, 2.75) is 11.8 Å². The molecule has 234 valence electrons. The van der Waals surface area contributed by atoms with Crippen LogP contribution in [0.25, 0.3) is 6.08 Å². The number of thioether (sulfide) groups is 1. The Labute approximate surface area is 283 Å². The summed E-state index contributed by atoms with van der Waals surface area (Å²) >= 11 is 3.75. The molecule has 12 heteroatoms. The normalized spacial score (nSPS) is 10.9. The average Bonchev–Trinajstić information content (AvgIpc) is 3.71. The third-order valence-electron chi connectivity index (χ3n) is 6.59. The van der Waals surface area contributed by atoms with Gasteiger partial charge in [0.25, 0.3) is 17.7 Å². The SMILES string of the molecule is Cc1c(C(=O)Nc2ccccc2)sc(NC(=O)CSc2cccc(NC(=O)/C(=C/c3ccsc3)NC(=O)c3ccccc3)c2)c1C#N. The van der Waals surface area contributed by atoms with E-state index in [9.17, 15) is 24.4 Å². The molecule has 4 amide bonds. The number of carbonyl (C=O) groups excluding carboxylic acids is 4. The van der Waals surface area contributed by atoms with Crippen molar-refractivity contribution in [1.82, 2.24) is 5.32 Å². The maximum absolute atomic E-state index is 13.3. The minimum absolute atomic E-state index is 0.0151. The summed E-state index contributed by atoms with van der Waals surface area (Å²) in [6.45, 7) is 1.67. The molecule has 0 unspecified atom stereocenters. The van der Waals surface area contributed by atoms with E-state index in [4.69, 9.17) is 0 Å². The Morgan fingerprint density at radius 2 is 1.57 bits per heavy atom. The van der Waals surface area contributed by atoms with Crippen LogP contribution < -0.4 is 21.3 Å². The van der Waals surface area contributed by atoms with Crippen LogP contribution in [0, 0.1) is 18.3 Å². The molecule has 0 saturated carbocycles. The lowest BCUT2D eigenvalue weighted by Gasteiger charge is -2.12. The molecule has 0 fully saturated rings. The van der Waals surface area contributed by atoms with Crippen molar-refractivity contribution in [2.75, 3.05) is 21.7 Å². The van der Waals surface area contributed by atoms with Gasteiger partial charge in [-0.3, -0.25) is 19.2 Å². The Kier molecular flexibility index (Phi) is 11.0. The molecule has 9 nitrogen and oxygen atoms in total. The second-order valence-electron chi connectivity index (χ2n) is 9.95. The van der Waals surface area contributed by atoms with Crippen LogP contribution in [-0.2, 0) is 9.59 Å². The average molecular weight is 678 g/mol. The van der Waals surface area contributed by atoms with Gasteiger partial charge in [-0.1, -0.05) is 42.5 Å². The Morgan fingerprint density at radius 3 is 2.28 bits per heavy atom. The highest BCUT2D eigenvalue weighted by Gasteiger charge is 2.22. The van der Waals surface area contributed by atoms with Gasteiger partial charge in [-0.25, -0.2) is 0 Å². The van der Waals surface area contributed by atoms with Crippen LogP contribution in [0.3, 0.4) is 0 Å². The highest BCUT2D eigenvalue weighted by atomic mass is 32.2. The smallest absolute Gasteiger partial charge is 0.272 e. The maximum Gasteiger partial charge on any atom is 0.272 e. The molecule has 0 aliphatic carbocycles. The van der Waals surface area contributed by atoms with Crippen molar-refractivity contribution >= 4 is 80.5 Å². The molecule has 0 spiro atoms. The summed E-state index contributed by atoms with van der Waals surface area (Å²) < 4.78 is 0. The standard InChI is InChI=1S/C35H27N5O4S3/c1-22-28(19-36)35(47-31(22)34(44)37-25-11-6-3-7-12-25)40-30(41)21-46-27-14-8-13-26(18-27)38-33(43)29(17-23-15-16-45-20-23)39-32(42)24-9-4-2-5-10-24/h2-18,20H,21H2,1H3,(H,37,44)(H,38,43)(H,39,42)(H,40,41)/b29-17-. The van der Waals surface area contributed by atoms with Gasteiger partial charge >= 0.3 is 0 Å². The summed E-state index contributed by atoms with van der Waals surface area (Å²) in [7, 11) is 0. The second kappa shape index (κ2) is 15.7. The molecule has 0 bridgehead atoms. The topological polar surface area (TPSA) is 140 Å². The summed E-state index contributed by atoms with van der Waals surface area (Å²) in [4.78, 5) is 53.0. The molecule has 0 atom stereocenters. The van der Waals surface area contributed by atoms with Crippen molar-refractivity contribution < 1.29 is 19.2 Å². The summed E-state index contributed by atoms with van der Waals surface area (Å²) in [6.07, 6.45) is 1.61. The molecule has 0 saturated heterocycles. The van der Waals surface area contributed by atoms with Crippen LogP contribution in [0.4, 0.5) is 16.4 Å². The molecule has 0 aliphatic heterocycles. The van der Waals surface area contributed by atoms with E-state index < -0.39 is 11.8 Å². The molecule has 0 aliphatic rings. The number of nitriles is 1. The molecule has 0 radical (unpaired) electrons. The van der Waals surface area contributed by atoms with E-state index in [0.29, 0.717) is 37.3 Å². The summed E-state index contributed by atoms with van der Waals surface area (Å²) in [5.41, 5.74) is 3.08. The molecular weight excluding hydrogens is 651 g/mol. The molecule has 4 N–H and O–H groups in total. The fourth-order valence-corrected chi connectivity index (χ4v) is 6.74. The summed E-state index contributed by atoms with van der Waals surface area (Å²) in [6, 6.07) is 28.5. The van der Waals surface area contributed by atoms with Crippen LogP contribution in [0.2, 0.25) is 0 Å². The lowest BCUT2D eigenvalue weighted by atomic mass is 10.1. The number of para-hydroxylation sites is 1. The zero-order valence-corrected chi connectivity index (χ0v) is 27.4. The number of hydrogen-bond acceptors (Lipinski definition) is 8. The van der Waals surface area contributed by atoms with Crippen LogP contribution in [0.15, 0.2) is 112 Å². The van der Waals surface area contributed by atoms with E-state index in [2.05, 4.69) is 27.3 Å². The minimum atomic E-state index is -0.510. The lowest BCUT2D eigenvalue weighted by Crippen LogP contribution is -2.30. The Hall–Kier alpha value is -5.48. The van der Waals surface area contributed by atoms with Gasteiger partial charge in [0.2, 0.25) is 5.91 Å². The summed E-state index contributed by atoms with van der Waals surface area (Å²) in [5.74, 6) is -1.63. The largest absolute Gasteiger partial charge is 0.321 e. The number of rotatable bonds is 11. The minimum Gasteiger partial charge on any atom is -0.321 e. The molecule has 5 aromatic rings. The lowest BCUT2D eigenvalue weighted by molar-refractivity contribution is -0.114. The quantitative estimate of drug-likeness (QED) is 0.0850. The van der Waals surface area contributed by atoms with E-state index in [-0.39, 0.29) is 28.8 Å². The predicted octanol–water partition coefficient (Wildman–Crippen LogP) is 7.38. The predicted molar refractivity (Wildman–Crippen MR) is 189 cm³/mol. The third-order valence-corrected chi connectivity index (χ3v) is 9.50. The van der Waals surface area contributed by atoms with Crippen molar-refractivity contribution in [1.29, 1.82) is 5.26 Å². The van der Waals surface area contributed by atoms with Crippen molar-refractivity contribution in [3.8, 4) is 6.07 Å². The van der Waals surface area contributed by atoms with Crippen molar-refractivity contribution in [2.24, 2.45) is 0 Å². The third kappa shape index (κ3) is 8.83. The van der Waals surface area contributed by atoms with Crippen LogP contribution >= 0.6 is 34.4 Å². The van der Waals surface area contributed by atoms with E-state index in [1.165, 1.54) is 23.1 Å². The van der Waals surface area contributed by atoms with Gasteiger partial charge in [-0.05, 0) is 83.4 Å². The highest BCUT2D eigenvalue weighted by Crippen LogP contribution is 2.33. The molecular formula is C35H27N5O4S3. The van der Waals surface area contributed by atoms with Gasteiger partial charge in [-0.15, -0.1) is 23.1 Å². The van der Waals surface area contributed by atoms with Crippen molar-refractivity contribution in [3.63, 3.8) is 0 Å². The van der Waals surface area contributed by atoms with Crippen LogP contribution in [0.1, 0.15) is 36.7 Å². The zero-order chi connectivity index (χ0) is 33.2. The number of hydrogen-bond donors (Lipinski definition) is 4. The van der Waals surface area contributed by atoms with Crippen molar-refractivity contribution in [3.05, 3.63) is 135 Å². The van der Waals surface area contributed by atoms with Gasteiger partial charge in [0.15, 0.2) is 0 Å². The first-order chi connectivity index (χ1) is 22.8. The first-order valence-corrected chi connectivity index (χ1v) is 16.9. The van der Waals surface area contributed by atoms with Gasteiger partial charge in [0.1, 0.15) is 16.8 Å². The van der Waals surface area contributed by atoms with Gasteiger partial charge in [0.05, 0.1) is 16.2 Å². The van der Waals surface area contributed by atoms with E-state index in [1.54, 1.807) is 91.9 Å². The van der Waals surface area contributed by atoms with Crippen LogP contribution in [-0.4, -0.2) is 29.4 Å². The number of nitrogens with zero attached hydrogens (tertiary/aromatic N) is 1. The molecule has 2 aromatic heterocycles. The first kappa shape index (κ1) is 32.9. The summed E-state index contributed by atoms with van der Waals surface area (Å²) in [5, 5.41) is 24.9. The fraction of sp³-hybridized carbons (Fsp3) is 0.0571. The molecule has 3 aromatic carbocycles. The Balaban J connectivity index is 1.22. The van der Waals surface area contributed by atoms with E-state index in [1.807, 2.05) is 22.9 Å². The van der Waals surface area contributed by atoms with Gasteiger partial charge in [-0.2, -0.15) is 16.6 Å². The Morgan fingerprint density at radius 1 is 0.851 bits per heavy atom. The monoisotopic (exact) mass is 677 g/mol. The van der Waals surface area contributed by atoms with E-state index in [0.717, 1.165) is 16.9 Å². The van der Waals surface area contributed by atoms with Crippen LogP contribution in [0.5, 0.6) is 0 Å². The van der Waals surface area contributed by atoms with Gasteiger partial charge in [0, 0.05) is 21.8 Å². The fourth-order valence-electron chi connectivity index (χ4n) is 4.30. The van der Waals surface area contributed by atoms with Gasteiger partial charge < -0.3 is 21.3 Å². The first-order valence-electron chi connectivity index (χ1n) is 14.1. The number of carbonyl (C=O) groups is 4.